The van der Waals surface area contributed by atoms with Crippen LogP contribution in [0.4, 0.5) is 5.69 Å². The van der Waals surface area contributed by atoms with Crippen molar-refractivity contribution in [1.29, 1.82) is 10.7 Å². The average molecular weight is 381 g/mol. The van der Waals surface area contributed by atoms with Gasteiger partial charge < -0.3 is 10.1 Å². The van der Waals surface area contributed by atoms with E-state index in [4.69, 9.17) is 10.1 Å². The monoisotopic (exact) mass is 381 g/mol. The van der Waals surface area contributed by atoms with Gasteiger partial charge in [-0.2, -0.15) is 5.26 Å². The van der Waals surface area contributed by atoms with Gasteiger partial charge in [-0.3, -0.25) is 14.9 Å². The van der Waals surface area contributed by atoms with Gasteiger partial charge in [-0.05, 0) is 43.4 Å². The number of hydrogen-bond acceptors (Lipinski definition) is 6. The first-order valence-electron chi connectivity index (χ1n) is 9.14. The zero-order valence-electron chi connectivity index (χ0n) is 16.7. The van der Waals surface area contributed by atoms with Crippen LogP contribution in [-0.2, 0) is 9.53 Å². The molecule has 7 heteroatoms. The van der Waals surface area contributed by atoms with Crippen molar-refractivity contribution in [1.82, 2.24) is 0 Å². The Labute approximate surface area is 163 Å². The largest absolute Gasteiger partial charge is 0.473 e. The number of carbonyl (C=O) groups is 1. The fourth-order valence-electron chi connectivity index (χ4n) is 4.53. The molecular weight excluding hydrogens is 358 g/mol. The first-order chi connectivity index (χ1) is 13.0. The Bertz CT molecular complexity index is 998. The number of rotatable bonds is 2. The minimum Gasteiger partial charge on any atom is -0.473 e. The van der Waals surface area contributed by atoms with Gasteiger partial charge in [0.05, 0.1) is 16.6 Å². The van der Waals surface area contributed by atoms with Crippen LogP contribution in [0, 0.1) is 53.0 Å². The molecule has 146 valence electrons. The minimum atomic E-state index is -1.11. The number of ketones is 1. The predicted molar refractivity (Wildman–Crippen MR) is 103 cm³/mol. The number of hydrogen-bond donors (Lipinski definition) is 1. The summed E-state index contributed by atoms with van der Waals surface area (Å²) < 4.78 is 5.73. The van der Waals surface area contributed by atoms with E-state index < -0.39 is 16.9 Å². The van der Waals surface area contributed by atoms with E-state index >= 15 is 0 Å². The lowest BCUT2D eigenvalue weighted by Crippen LogP contribution is -2.41. The van der Waals surface area contributed by atoms with Gasteiger partial charge in [0.15, 0.2) is 5.78 Å². The summed E-state index contributed by atoms with van der Waals surface area (Å²) in [5, 5.41) is 29.7. The summed E-state index contributed by atoms with van der Waals surface area (Å²) in [6.07, 6.45) is -0.311. The Kier molecular flexibility index (Phi) is 4.62. The maximum Gasteiger partial charge on any atom is 0.275 e. The minimum absolute atomic E-state index is 0.0147. The van der Waals surface area contributed by atoms with Crippen LogP contribution in [0.2, 0.25) is 0 Å². The number of aryl methyl sites for hydroxylation is 2. The molecule has 1 aliphatic heterocycles. The number of nitro groups is 1. The standard InChI is InChI=1S/C21H23N3O4/c1-10-6-11(2)20(24(26)27)12(3)16(10)18-17-13(25)7-21(4,5)8-14(17)28-15(9-22)19(18)23/h6,15,18,23H,7-8H2,1-5H3/t15-,18-/m1/s1. The first kappa shape index (κ1) is 19.7. The van der Waals surface area contributed by atoms with Crippen LogP contribution >= 0.6 is 0 Å². The third kappa shape index (κ3) is 2.99. The Morgan fingerprint density at radius 1 is 1.29 bits per heavy atom. The predicted octanol–water partition coefficient (Wildman–Crippen LogP) is 4.19. The second kappa shape index (κ2) is 6.55. The Morgan fingerprint density at radius 2 is 1.93 bits per heavy atom. The first-order valence-corrected chi connectivity index (χ1v) is 9.14. The molecule has 3 rings (SSSR count). The number of ether oxygens (including phenoxy) is 1. The molecule has 0 unspecified atom stereocenters. The summed E-state index contributed by atoms with van der Waals surface area (Å²) in [5.74, 6) is -0.480. The van der Waals surface area contributed by atoms with Crippen molar-refractivity contribution in [3.05, 3.63) is 49.8 Å². The summed E-state index contributed by atoms with van der Waals surface area (Å²) in [5.41, 5.74) is 2.30. The van der Waals surface area contributed by atoms with E-state index in [0.29, 0.717) is 40.9 Å². The molecule has 2 aliphatic rings. The van der Waals surface area contributed by atoms with E-state index in [1.807, 2.05) is 26.8 Å². The van der Waals surface area contributed by atoms with E-state index in [9.17, 15) is 20.2 Å². The van der Waals surface area contributed by atoms with Crippen molar-refractivity contribution < 1.29 is 14.5 Å². The van der Waals surface area contributed by atoms with Crippen molar-refractivity contribution in [3.63, 3.8) is 0 Å². The Morgan fingerprint density at radius 3 is 2.50 bits per heavy atom. The molecule has 7 nitrogen and oxygen atoms in total. The molecule has 0 spiro atoms. The summed E-state index contributed by atoms with van der Waals surface area (Å²) in [4.78, 5) is 24.2. The molecular formula is C21H23N3O4. The Hall–Kier alpha value is -3.01. The molecule has 1 aliphatic carbocycles. The highest BCUT2D eigenvalue weighted by molar-refractivity contribution is 6.10. The van der Waals surface area contributed by atoms with Crippen LogP contribution in [0.15, 0.2) is 17.4 Å². The van der Waals surface area contributed by atoms with Gasteiger partial charge in [-0.15, -0.1) is 0 Å². The van der Waals surface area contributed by atoms with Gasteiger partial charge in [0.25, 0.3) is 5.69 Å². The molecule has 0 radical (unpaired) electrons. The third-order valence-corrected chi connectivity index (χ3v) is 5.60. The summed E-state index contributed by atoms with van der Waals surface area (Å²) in [7, 11) is 0. The lowest BCUT2D eigenvalue weighted by Gasteiger charge is -2.40. The quantitative estimate of drug-likeness (QED) is 0.609. The van der Waals surface area contributed by atoms with E-state index in [1.54, 1.807) is 19.9 Å². The SMILES string of the molecule is Cc1cc(C)c([N+](=O)[O-])c(C)c1[C@H]1C(=N)[C@@H](C#N)OC2=C1C(=O)CC(C)(C)C2. The third-order valence-electron chi connectivity index (χ3n) is 5.60. The average Bonchev–Trinajstić information content (AvgIpc) is 2.54. The fourth-order valence-corrected chi connectivity index (χ4v) is 4.53. The van der Waals surface area contributed by atoms with Crippen molar-refractivity contribution in [2.45, 2.75) is 59.5 Å². The number of benzene rings is 1. The van der Waals surface area contributed by atoms with Crippen LogP contribution in [-0.4, -0.2) is 22.5 Å². The molecule has 1 aromatic carbocycles. The molecule has 0 amide bonds. The number of Topliss-reactive ketones (excluding diaryl/α,β-unsaturated/α-hetero) is 1. The van der Waals surface area contributed by atoms with Crippen molar-refractivity contribution in [3.8, 4) is 6.07 Å². The number of nitrogens with zero attached hydrogens (tertiary/aromatic N) is 2. The molecule has 0 bridgehead atoms. The van der Waals surface area contributed by atoms with E-state index in [-0.39, 0.29) is 22.6 Å². The van der Waals surface area contributed by atoms with Gasteiger partial charge in [0.2, 0.25) is 6.10 Å². The molecule has 0 fully saturated rings. The van der Waals surface area contributed by atoms with Gasteiger partial charge >= 0.3 is 0 Å². The van der Waals surface area contributed by atoms with Crippen LogP contribution < -0.4 is 0 Å². The summed E-state index contributed by atoms with van der Waals surface area (Å²) in [6.45, 7) is 9.06. The van der Waals surface area contributed by atoms with Crippen LogP contribution in [0.1, 0.15) is 54.9 Å². The van der Waals surface area contributed by atoms with Crippen LogP contribution in [0.25, 0.3) is 0 Å². The highest BCUT2D eigenvalue weighted by Crippen LogP contribution is 2.48. The van der Waals surface area contributed by atoms with Gasteiger partial charge in [-0.25, -0.2) is 0 Å². The number of nitriles is 1. The number of carbonyl (C=O) groups excluding carboxylic acids is 1. The molecule has 0 aromatic heterocycles. The van der Waals surface area contributed by atoms with E-state index in [0.717, 1.165) is 5.56 Å². The molecule has 1 heterocycles. The highest BCUT2D eigenvalue weighted by atomic mass is 16.6. The van der Waals surface area contributed by atoms with Crippen molar-refractivity contribution in [2.24, 2.45) is 5.41 Å². The van der Waals surface area contributed by atoms with Crippen molar-refractivity contribution >= 4 is 17.2 Å². The smallest absolute Gasteiger partial charge is 0.275 e. The fraction of sp³-hybridized carbons (Fsp3) is 0.476. The maximum absolute atomic E-state index is 13.0. The zero-order valence-corrected chi connectivity index (χ0v) is 16.7. The van der Waals surface area contributed by atoms with Crippen LogP contribution in [0.3, 0.4) is 0 Å². The zero-order chi connectivity index (χ0) is 21.0. The van der Waals surface area contributed by atoms with Crippen LogP contribution in [0.5, 0.6) is 0 Å². The lowest BCUT2D eigenvalue weighted by molar-refractivity contribution is -0.386. The number of nitro benzene ring substituents is 1. The van der Waals surface area contributed by atoms with Gasteiger partial charge in [-0.1, -0.05) is 13.8 Å². The van der Waals surface area contributed by atoms with Crippen molar-refractivity contribution in [2.75, 3.05) is 0 Å². The maximum atomic E-state index is 13.0. The number of nitrogens with one attached hydrogen (secondary N) is 1. The second-order valence-electron chi connectivity index (χ2n) is 8.45. The second-order valence-corrected chi connectivity index (χ2v) is 8.45. The molecule has 1 aromatic rings. The van der Waals surface area contributed by atoms with E-state index in [1.165, 1.54) is 0 Å². The molecule has 0 saturated heterocycles. The number of allylic oxidation sites excluding steroid dienone is 2. The summed E-state index contributed by atoms with van der Waals surface area (Å²) in [6, 6.07) is 3.70. The van der Waals surface area contributed by atoms with E-state index in [2.05, 4.69) is 0 Å². The molecule has 1 N–H and O–H groups in total. The highest BCUT2D eigenvalue weighted by Gasteiger charge is 2.46. The summed E-state index contributed by atoms with van der Waals surface area (Å²) >= 11 is 0. The molecule has 0 saturated carbocycles. The Balaban J connectivity index is 2.32. The normalized spacial score (nSPS) is 23.7. The lowest BCUT2D eigenvalue weighted by atomic mass is 9.68. The molecule has 2 atom stereocenters. The molecule has 28 heavy (non-hydrogen) atoms. The van der Waals surface area contributed by atoms with Gasteiger partial charge in [0, 0.05) is 29.5 Å². The topological polar surface area (TPSA) is 117 Å². The van der Waals surface area contributed by atoms with Gasteiger partial charge in [0.1, 0.15) is 11.8 Å².